The molecule has 3 rings (SSSR count). The zero-order chi connectivity index (χ0) is 20.9. The Bertz CT molecular complexity index is 807. The van der Waals surface area contributed by atoms with Crippen LogP contribution in [0.25, 0.3) is 0 Å². The molecule has 1 saturated heterocycles. The first-order valence-electron chi connectivity index (χ1n) is 10.6. The minimum atomic E-state index is -3.71. The SMILES string of the molecule is COc1ccc(S(=O)(=O)N2CCC[C@H](C(=O)NC3CCCCCCC3)C2)cc1Cl. The van der Waals surface area contributed by atoms with E-state index in [-0.39, 0.29) is 34.3 Å². The highest BCUT2D eigenvalue weighted by Gasteiger charge is 2.34. The second kappa shape index (κ2) is 10.1. The van der Waals surface area contributed by atoms with Gasteiger partial charge in [-0.1, -0.05) is 43.7 Å². The molecule has 1 heterocycles. The van der Waals surface area contributed by atoms with Crippen LogP contribution in [0.1, 0.15) is 57.8 Å². The summed E-state index contributed by atoms with van der Waals surface area (Å²) < 4.78 is 32.7. The number of methoxy groups -OCH3 is 1. The first-order chi connectivity index (χ1) is 13.9. The Kier molecular flexibility index (Phi) is 7.82. The molecule has 29 heavy (non-hydrogen) atoms. The molecular weight excluding hydrogens is 412 g/mol. The summed E-state index contributed by atoms with van der Waals surface area (Å²) in [5.41, 5.74) is 0. The highest BCUT2D eigenvalue weighted by atomic mass is 35.5. The third kappa shape index (κ3) is 5.64. The molecular formula is C21H31ClN2O4S. The third-order valence-corrected chi connectivity index (χ3v) is 8.12. The van der Waals surface area contributed by atoms with Crippen LogP contribution < -0.4 is 10.1 Å². The van der Waals surface area contributed by atoms with Crippen molar-refractivity contribution in [1.29, 1.82) is 0 Å². The molecule has 1 amide bonds. The monoisotopic (exact) mass is 442 g/mol. The molecule has 1 aromatic carbocycles. The van der Waals surface area contributed by atoms with Gasteiger partial charge in [0.15, 0.2) is 0 Å². The van der Waals surface area contributed by atoms with Crippen LogP contribution in [0.4, 0.5) is 0 Å². The fourth-order valence-corrected chi connectivity index (χ4v) is 6.12. The normalized spacial score (nSPS) is 22.5. The largest absolute Gasteiger partial charge is 0.495 e. The predicted octanol–water partition coefficient (Wildman–Crippen LogP) is 3.98. The summed E-state index contributed by atoms with van der Waals surface area (Å²) in [5.74, 6) is 0.113. The molecule has 0 unspecified atom stereocenters. The van der Waals surface area contributed by atoms with E-state index in [0.29, 0.717) is 25.1 Å². The lowest BCUT2D eigenvalue weighted by Gasteiger charge is -2.32. The van der Waals surface area contributed by atoms with E-state index in [4.69, 9.17) is 16.3 Å². The van der Waals surface area contributed by atoms with Gasteiger partial charge in [0, 0.05) is 19.1 Å². The third-order valence-electron chi connectivity index (χ3n) is 5.97. The lowest BCUT2D eigenvalue weighted by molar-refractivity contribution is -0.126. The highest BCUT2D eigenvalue weighted by molar-refractivity contribution is 7.89. The zero-order valence-corrected chi connectivity index (χ0v) is 18.6. The molecule has 6 nitrogen and oxygen atoms in total. The molecule has 8 heteroatoms. The Balaban J connectivity index is 1.66. The van der Waals surface area contributed by atoms with Gasteiger partial charge in [0.25, 0.3) is 0 Å². The molecule has 162 valence electrons. The van der Waals surface area contributed by atoms with E-state index in [1.165, 1.54) is 42.8 Å². The molecule has 1 N–H and O–H groups in total. The zero-order valence-electron chi connectivity index (χ0n) is 17.0. The molecule has 0 bridgehead atoms. The minimum Gasteiger partial charge on any atom is -0.495 e. The van der Waals surface area contributed by atoms with Crippen molar-refractivity contribution < 1.29 is 17.9 Å². The van der Waals surface area contributed by atoms with Gasteiger partial charge in [0.1, 0.15) is 5.75 Å². The second-order valence-corrected chi connectivity index (χ2v) is 10.4. The number of carbonyl (C=O) groups excluding carboxylic acids is 1. The summed E-state index contributed by atoms with van der Waals surface area (Å²) in [6.45, 7) is 0.629. The maximum atomic E-state index is 13.1. The van der Waals surface area contributed by atoms with E-state index in [0.717, 1.165) is 25.7 Å². The molecule has 1 aliphatic heterocycles. The Labute approximate surface area is 179 Å². The molecule has 1 aliphatic carbocycles. The van der Waals surface area contributed by atoms with E-state index in [9.17, 15) is 13.2 Å². The van der Waals surface area contributed by atoms with Crippen molar-refractivity contribution in [3.8, 4) is 5.75 Å². The first kappa shape index (κ1) is 22.4. The minimum absolute atomic E-state index is 0.0109. The maximum absolute atomic E-state index is 13.1. The van der Waals surface area contributed by atoms with Gasteiger partial charge >= 0.3 is 0 Å². The van der Waals surface area contributed by atoms with Gasteiger partial charge in [0.2, 0.25) is 15.9 Å². The number of halogens is 1. The standard InChI is InChI=1S/C21H31ClN2O4S/c1-28-20-12-11-18(14-19(20)22)29(26,27)24-13-7-8-16(15-24)21(25)23-17-9-5-3-2-4-6-10-17/h11-12,14,16-17H,2-10,13,15H2,1H3,(H,23,25)/t16-/m0/s1. The van der Waals surface area contributed by atoms with Crippen molar-refractivity contribution in [3.05, 3.63) is 23.2 Å². The first-order valence-corrected chi connectivity index (χ1v) is 12.4. The van der Waals surface area contributed by atoms with Crippen LogP contribution in [0.5, 0.6) is 5.75 Å². The molecule has 0 radical (unpaired) electrons. The van der Waals surface area contributed by atoms with Gasteiger partial charge in [-0.15, -0.1) is 0 Å². The number of nitrogens with zero attached hydrogens (tertiary/aromatic N) is 1. The summed E-state index contributed by atoms with van der Waals surface area (Å²) >= 11 is 6.11. The van der Waals surface area contributed by atoms with E-state index >= 15 is 0 Å². The number of piperidine rings is 1. The lowest BCUT2D eigenvalue weighted by atomic mass is 9.94. The summed E-state index contributed by atoms with van der Waals surface area (Å²) in [7, 11) is -2.22. The van der Waals surface area contributed by atoms with Crippen molar-refractivity contribution >= 4 is 27.5 Å². The lowest BCUT2D eigenvalue weighted by Crippen LogP contribution is -2.47. The topological polar surface area (TPSA) is 75.7 Å². The number of amides is 1. The van der Waals surface area contributed by atoms with Crippen LogP contribution in [-0.4, -0.2) is 44.9 Å². The molecule has 0 spiro atoms. The van der Waals surface area contributed by atoms with Gasteiger partial charge in [-0.2, -0.15) is 4.31 Å². The number of carbonyl (C=O) groups is 1. The van der Waals surface area contributed by atoms with Gasteiger partial charge < -0.3 is 10.1 Å². The molecule has 1 atom stereocenters. The molecule has 2 fully saturated rings. The van der Waals surface area contributed by atoms with Crippen LogP contribution in [0.2, 0.25) is 5.02 Å². The Morgan fingerprint density at radius 1 is 1.10 bits per heavy atom. The van der Waals surface area contributed by atoms with Crippen LogP contribution in [-0.2, 0) is 14.8 Å². The Hall–Kier alpha value is -1.31. The van der Waals surface area contributed by atoms with Gasteiger partial charge in [-0.05, 0) is 43.9 Å². The van der Waals surface area contributed by atoms with Crippen molar-refractivity contribution in [2.24, 2.45) is 5.92 Å². The number of nitrogens with one attached hydrogen (secondary N) is 1. The number of benzene rings is 1. The molecule has 1 aromatic rings. The molecule has 2 aliphatic rings. The Morgan fingerprint density at radius 2 is 1.79 bits per heavy atom. The van der Waals surface area contributed by atoms with Crippen molar-refractivity contribution in [2.45, 2.75) is 68.7 Å². The van der Waals surface area contributed by atoms with E-state index in [1.54, 1.807) is 6.07 Å². The summed E-state index contributed by atoms with van der Waals surface area (Å²) in [4.78, 5) is 13.0. The van der Waals surface area contributed by atoms with Crippen molar-refractivity contribution in [3.63, 3.8) is 0 Å². The summed E-state index contributed by atoms with van der Waals surface area (Å²) in [5, 5.41) is 3.45. The second-order valence-electron chi connectivity index (χ2n) is 8.05. The van der Waals surface area contributed by atoms with Crippen LogP contribution in [0.15, 0.2) is 23.1 Å². The van der Waals surface area contributed by atoms with Crippen LogP contribution >= 0.6 is 11.6 Å². The number of hydrogen-bond donors (Lipinski definition) is 1. The molecule has 0 aromatic heterocycles. The maximum Gasteiger partial charge on any atom is 0.243 e. The van der Waals surface area contributed by atoms with Crippen LogP contribution in [0.3, 0.4) is 0 Å². The number of ether oxygens (including phenoxy) is 1. The quantitative estimate of drug-likeness (QED) is 0.748. The molecule has 1 saturated carbocycles. The van der Waals surface area contributed by atoms with E-state index < -0.39 is 10.0 Å². The predicted molar refractivity (Wildman–Crippen MR) is 114 cm³/mol. The fourth-order valence-electron chi connectivity index (χ4n) is 4.25. The number of hydrogen-bond acceptors (Lipinski definition) is 4. The van der Waals surface area contributed by atoms with Crippen molar-refractivity contribution in [1.82, 2.24) is 9.62 Å². The smallest absolute Gasteiger partial charge is 0.243 e. The average molecular weight is 443 g/mol. The van der Waals surface area contributed by atoms with E-state index in [2.05, 4.69) is 5.32 Å². The fraction of sp³-hybridized carbons (Fsp3) is 0.667. The average Bonchev–Trinajstić information content (AvgIpc) is 2.69. The number of sulfonamides is 1. The van der Waals surface area contributed by atoms with Crippen LogP contribution in [0, 0.1) is 5.92 Å². The van der Waals surface area contributed by atoms with Crippen molar-refractivity contribution in [2.75, 3.05) is 20.2 Å². The number of rotatable bonds is 5. The summed E-state index contributed by atoms with van der Waals surface area (Å²) in [6, 6.07) is 4.68. The highest BCUT2D eigenvalue weighted by Crippen LogP contribution is 2.30. The van der Waals surface area contributed by atoms with Gasteiger partial charge in [-0.25, -0.2) is 8.42 Å². The van der Waals surface area contributed by atoms with E-state index in [1.807, 2.05) is 0 Å². The van der Waals surface area contributed by atoms with Gasteiger partial charge in [0.05, 0.1) is 22.9 Å². The Morgan fingerprint density at radius 3 is 2.45 bits per heavy atom. The van der Waals surface area contributed by atoms with Gasteiger partial charge in [-0.3, -0.25) is 4.79 Å². The summed E-state index contributed by atoms with van der Waals surface area (Å²) in [6.07, 6.45) is 9.46.